The van der Waals surface area contributed by atoms with Crippen molar-refractivity contribution in [2.45, 2.75) is 6.92 Å². The molecule has 2 N–H and O–H groups in total. The Balaban J connectivity index is 3.21. The molecule has 0 bridgehead atoms. The molecule has 0 amide bonds. The quantitative estimate of drug-likeness (QED) is 0.500. The first-order valence-electron chi connectivity index (χ1n) is 3.12. The van der Waals surface area contributed by atoms with Crippen molar-refractivity contribution in [3.05, 3.63) is 11.9 Å². The number of hydrogen-bond acceptors (Lipinski definition) is 5. The third-order valence-electron chi connectivity index (χ3n) is 1.22. The van der Waals surface area contributed by atoms with Gasteiger partial charge in [-0.15, -0.1) is 0 Å². The van der Waals surface area contributed by atoms with Crippen LogP contribution in [0.4, 0.5) is 5.95 Å². The number of nitrogens with zero attached hydrogens (tertiary/aromatic N) is 2. The van der Waals surface area contributed by atoms with Crippen molar-refractivity contribution in [2.24, 2.45) is 0 Å². The molecule has 6 heteroatoms. The Morgan fingerprint density at radius 1 is 1.75 bits per heavy atom. The summed E-state index contributed by atoms with van der Waals surface area (Å²) in [5, 5.41) is 0. The van der Waals surface area contributed by atoms with Gasteiger partial charge in [-0.1, -0.05) is 0 Å². The van der Waals surface area contributed by atoms with Crippen LogP contribution in [0.3, 0.4) is 0 Å². The summed E-state index contributed by atoms with van der Waals surface area (Å²) in [6.07, 6.45) is 1.33. The lowest BCUT2D eigenvalue weighted by Gasteiger charge is -2.03. The Labute approximate surface area is 72.5 Å². The monoisotopic (exact) mass is 180 g/mol. The average Bonchev–Trinajstić information content (AvgIpc) is 2.04. The molecule has 1 rings (SSSR count). The van der Waals surface area contributed by atoms with Crippen molar-refractivity contribution in [3.63, 3.8) is 0 Å². The molecule has 0 saturated carbocycles. The molecule has 0 fully saturated rings. The lowest BCUT2D eigenvalue weighted by Crippen LogP contribution is -2.05. The molecule has 0 aliphatic carbocycles. The SMILES string of the molecule is CC(=O)c1nc(N)ncc1O[Si]. The second kappa shape index (κ2) is 3.31. The van der Waals surface area contributed by atoms with Crippen LogP contribution in [0.25, 0.3) is 0 Å². The number of aromatic nitrogens is 2. The van der Waals surface area contributed by atoms with Crippen LogP contribution in [0.1, 0.15) is 17.4 Å². The van der Waals surface area contributed by atoms with E-state index < -0.39 is 0 Å². The van der Waals surface area contributed by atoms with Gasteiger partial charge in [-0.25, -0.2) is 9.97 Å². The van der Waals surface area contributed by atoms with E-state index in [2.05, 4.69) is 24.9 Å². The molecule has 12 heavy (non-hydrogen) atoms. The van der Waals surface area contributed by atoms with Crippen molar-refractivity contribution in [3.8, 4) is 5.75 Å². The summed E-state index contributed by atoms with van der Waals surface area (Å²) in [6.45, 7) is 1.37. The van der Waals surface area contributed by atoms with Crippen molar-refractivity contribution < 1.29 is 9.22 Å². The first-order valence-corrected chi connectivity index (χ1v) is 3.53. The Hall–Kier alpha value is -1.43. The number of nitrogens with two attached hydrogens (primary N) is 1. The van der Waals surface area contributed by atoms with Crippen LogP contribution in [0.2, 0.25) is 0 Å². The molecule has 5 nitrogen and oxygen atoms in total. The summed E-state index contributed by atoms with van der Waals surface area (Å²) in [5.74, 6) is 0.0818. The number of carbonyl (C=O) groups excluding carboxylic acids is 1. The van der Waals surface area contributed by atoms with Crippen molar-refractivity contribution in [1.29, 1.82) is 0 Å². The van der Waals surface area contributed by atoms with E-state index in [9.17, 15) is 4.79 Å². The Bertz CT molecular complexity index is 316. The van der Waals surface area contributed by atoms with Gasteiger partial charge in [-0.05, 0) is 0 Å². The van der Waals surface area contributed by atoms with Gasteiger partial charge < -0.3 is 10.2 Å². The summed E-state index contributed by atoms with van der Waals surface area (Å²) in [7, 11) is 2.78. The maximum absolute atomic E-state index is 10.9. The molecule has 0 aliphatic heterocycles. The van der Waals surface area contributed by atoms with E-state index in [1.54, 1.807) is 0 Å². The fourth-order valence-electron chi connectivity index (χ4n) is 0.711. The van der Waals surface area contributed by atoms with Gasteiger partial charge in [0.25, 0.3) is 0 Å². The van der Waals surface area contributed by atoms with Crippen LogP contribution in [-0.4, -0.2) is 26.2 Å². The van der Waals surface area contributed by atoms with Crippen LogP contribution < -0.4 is 10.2 Å². The smallest absolute Gasteiger partial charge is 0.341 e. The average molecular weight is 180 g/mol. The largest absolute Gasteiger partial charge is 0.538 e. The molecule has 0 aliphatic rings. The zero-order valence-corrected chi connectivity index (χ0v) is 7.37. The third-order valence-corrected chi connectivity index (χ3v) is 1.44. The van der Waals surface area contributed by atoms with Crippen molar-refractivity contribution in [2.75, 3.05) is 5.73 Å². The highest BCUT2D eigenvalue weighted by Crippen LogP contribution is 2.14. The van der Waals surface area contributed by atoms with Crippen LogP contribution in [0, 0.1) is 0 Å². The third kappa shape index (κ3) is 1.59. The molecule has 1 heterocycles. The van der Waals surface area contributed by atoms with Crippen LogP contribution >= 0.6 is 0 Å². The van der Waals surface area contributed by atoms with E-state index in [1.807, 2.05) is 0 Å². The fraction of sp³-hybridized carbons (Fsp3) is 0.167. The zero-order chi connectivity index (χ0) is 9.14. The zero-order valence-electron chi connectivity index (χ0n) is 6.37. The molecule has 61 valence electrons. The van der Waals surface area contributed by atoms with Gasteiger partial charge in [0, 0.05) is 6.92 Å². The number of hydrogen-bond donors (Lipinski definition) is 1. The summed E-state index contributed by atoms with van der Waals surface area (Å²) >= 11 is 0. The van der Waals surface area contributed by atoms with Gasteiger partial charge in [-0.2, -0.15) is 0 Å². The molecule has 0 aromatic carbocycles. The molecule has 0 unspecified atom stereocenters. The Kier molecular flexibility index (Phi) is 2.39. The number of anilines is 1. The standard InChI is InChI=1S/C6H6N3O2Si/c1-3(10)5-4(11-12)2-8-6(7)9-5/h2H,1H3,(H2,7,8,9). The summed E-state index contributed by atoms with van der Waals surface area (Å²) in [5.41, 5.74) is 5.44. The number of ketones is 1. The van der Waals surface area contributed by atoms with Gasteiger partial charge in [-0.3, -0.25) is 4.79 Å². The first-order chi connectivity index (χ1) is 5.65. The van der Waals surface area contributed by atoms with Crippen LogP contribution in [-0.2, 0) is 0 Å². The first kappa shape index (κ1) is 8.66. The van der Waals surface area contributed by atoms with E-state index in [1.165, 1.54) is 13.1 Å². The van der Waals surface area contributed by atoms with Crippen LogP contribution in [0.5, 0.6) is 5.75 Å². The predicted molar refractivity (Wildman–Crippen MR) is 42.8 cm³/mol. The number of Topliss-reactive ketones (excluding diaryl/α,β-unsaturated/α-hetero) is 1. The molecule has 0 saturated heterocycles. The normalized spacial score (nSPS) is 9.50. The lowest BCUT2D eigenvalue weighted by atomic mass is 10.3. The van der Waals surface area contributed by atoms with Crippen LogP contribution in [0.15, 0.2) is 6.20 Å². The maximum Gasteiger partial charge on any atom is 0.341 e. The van der Waals surface area contributed by atoms with Gasteiger partial charge in [0.05, 0.1) is 6.20 Å². The van der Waals surface area contributed by atoms with Crippen molar-refractivity contribution in [1.82, 2.24) is 9.97 Å². The van der Waals surface area contributed by atoms with E-state index in [0.29, 0.717) is 0 Å². The van der Waals surface area contributed by atoms with Gasteiger partial charge >= 0.3 is 10.5 Å². The van der Waals surface area contributed by atoms with E-state index in [0.717, 1.165) is 0 Å². The predicted octanol–water partition coefficient (Wildman–Crippen LogP) is -0.276. The molecule has 1 aromatic heterocycles. The molecule has 3 radical (unpaired) electrons. The summed E-state index contributed by atoms with van der Waals surface area (Å²) < 4.78 is 4.67. The molecular weight excluding hydrogens is 174 g/mol. The van der Waals surface area contributed by atoms with E-state index in [4.69, 9.17) is 5.73 Å². The number of rotatable bonds is 2. The molecule has 1 aromatic rings. The minimum absolute atomic E-state index is 0.0488. The lowest BCUT2D eigenvalue weighted by molar-refractivity contribution is 0.101. The second-order valence-electron chi connectivity index (χ2n) is 2.10. The van der Waals surface area contributed by atoms with Gasteiger partial charge in [0.15, 0.2) is 17.2 Å². The highest BCUT2D eigenvalue weighted by Gasteiger charge is 2.09. The fourth-order valence-corrected chi connectivity index (χ4v) is 0.861. The number of nitrogen functional groups attached to an aromatic ring is 1. The molecular formula is C6H6N3O2Si. The number of carbonyl (C=O) groups is 1. The summed E-state index contributed by atoms with van der Waals surface area (Å²) in [6, 6.07) is 0. The van der Waals surface area contributed by atoms with Gasteiger partial charge in [0.2, 0.25) is 5.95 Å². The highest BCUT2D eigenvalue weighted by atomic mass is 28.2. The van der Waals surface area contributed by atoms with Crippen molar-refractivity contribution >= 4 is 22.2 Å². The van der Waals surface area contributed by atoms with E-state index in [-0.39, 0.29) is 23.2 Å². The Morgan fingerprint density at radius 2 is 2.42 bits per heavy atom. The minimum atomic E-state index is -0.225. The van der Waals surface area contributed by atoms with Gasteiger partial charge in [0.1, 0.15) is 0 Å². The minimum Gasteiger partial charge on any atom is -0.538 e. The molecule has 0 atom stereocenters. The highest BCUT2D eigenvalue weighted by molar-refractivity contribution is 6.02. The van der Waals surface area contributed by atoms with E-state index >= 15 is 0 Å². The second-order valence-corrected chi connectivity index (χ2v) is 2.30. The summed E-state index contributed by atoms with van der Waals surface area (Å²) in [4.78, 5) is 18.3. The molecule has 0 spiro atoms. The Morgan fingerprint density at radius 3 is 2.92 bits per heavy atom. The topological polar surface area (TPSA) is 78.1 Å². The maximum atomic E-state index is 10.9.